The Balaban J connectivity index is 1.44. The molecule has 1 atom stereocenters. The molecule has 1 saturated heterocycles. The molecular formula is C20H24N6O2. The van der Waals surface area contributed by atoms with Gasteiger partial charge in [0.2, 0.25) is 0 Å². The van der Waals surface area contributed by atoms with Gasteiger partial charge in [0.05, 0.1) is 32.4 Å². The highest BCUT2D eigenvalue weighted by Crippen LogP contribution is 2.22. The van der Waals surface area contributed by atoms with Gasteiger partial charge in [-0.15, -0.1) is 0 Å². The number of anilines is 1. The summed E-state index contributed by atoms with van der Waals surface area (Å²) in [4.78, 5) is 14.8. The maximum absolute atomic E-state index is 12.9. The van der Waals surface area contributed by atoms with Gasteiger partial charge in [-0.25, -0.2) is 9.48 Å². The van der Waals surface area contributed by atoms with E-state index >= 15 is 0 Å². The first kappa shape index (κ1) is 18.1. The van der Waals surface area contributed by atoms with Gasteiger partial charge in [0.15, 0.2) is 0 Å². The number of aromatic nitrogens is 4. The van der Waals surface area contributed by atoms with Crippen LogP contribution in [-0.2, 0) is 13.1 Å². The molecule has 0 spiro atoms. The molecule has 3 heterocycles. The van der Waals surface area contributed by atoms with Gasteiger partial charge in [0, 0.05) is 30.6 Å². The minimum atomic E-state index is -0.101. The minimum Gasteiger partial charge on any atom is -0.496 e. The summed E-state index contributed by atoms with van der Waals surface area (Å²) in [5.74, 6) is 1.47. The zero-order chi connectivity index (χ0) is 19.3. The Morgan fingerprint density at radius 3 is 2.93 bits per heavy atom. The lowest BCUT2D eigenvalue weighted by Crippen LogP contribution is -2.41. The number of urea groups is 1. The third-order valence-corrected chi connectivity index (χ3v) is 5.06. The average Bonchev–Trinajstić information content (AvgIpc) is 3.46. The molecule has 28 heavy (non-hydrogen) atoms. The van der Waals surface area contributed by atoms with Crippen LogP contribution in [0.15, 0.2) is 55.0 Å². The van der Waals surface area contributed by atoms with Crippen LogP contribution < -0.4 is 10.1 Å². The standard InChI is InChI=1S/C20H24N6O2/c1-28-18-8-3-2-6-16(18)14-26-19(9-11-22-26)23-20(27)25-13-4-7-17(25)15-24-12-5-10-21-24/h2-3,5-6,8-12,17H,4,7,13-15H2,1H3,(H,23,27)/t17-/m0/s1. The van der Waals surface area contributed by atoms with E-state index in [0.717, 1.165) is 30.7 Å². The van der Waals surface area contributed by atoms with Crippen LogP contribution in [0.1, 0.15) is 18.4 Å². The van der Waals surface area contributed by atoms with E-state index in [-0.39, 0.29) is 12.1 Å². The Labute approximate surface area is 163 Å². The van der Waals surface area contributed by atoms with Crippen molar-refractivity contribution >= 4 is 11.8 Å². The van der Waals surface area contributed by atoms with Crippen molar-refractivity contribution in [1.82, 2.24) is 24.5 Å². The molecule has 8 heteroatoms. The number of nitrogens with one attached hydrogen (secondary N) is 1. The number of ether oxygens (including phenoxy) is 1. The topological polar surface area (TPSA) is 77.2 Å². The summed E-state index contributed by atoms with van der Waals surface area (Å²) in [7, 11) is 1.65. The third-order valence-electron chi connectivity index (χ3n) is 5.06. The lowest BCUT2D eigenvalue weighted by atomic mass is 10.2. The number of nitrogens with zero attached hydrogens (tertiary/aromatic N) is 5. The van der Waals surface area contributed by atoms with E-state index in [9.17, 15) is 4.79 Å². The molecular weight excluding hydrogens is 356 g/mol. The van der Waals surface area contributed by atoms with E-state index in [0.29, 0.717) is 18.9 Å². The van der Waals surface area contributed by atoms with Crippen LogP contribution in [0.2, 0.25) is 0 Å². The second kappa shape index (κ2) is 8.16. The number of carbonyl (C=O) groups is 1. The van der Waals surface area contributed by atoms with Crippen molar-refractivity contribution in [3.05, 3.63) is 60.6 Å². The first-order valence-electron chi connectivity index (χ1n) is 9.43. The van der Waals surface area contributed by atoms with Crippen molar-refractivity contribution in [3.63, 3.8) is 0 Å². The third kappa shape index (κ3) is 3.85. The van der Waals surface area contributed by atoms with Crippen LogP contribution in [0.5, 0.6) is 5.75 Å². The fraction of sp³-hybridized carbons (Fsp3) is 0.350. The van der Waals surface area contributed by atoms with E-state index in [4.69, 9.17) is 4.74 Å². The molecule has 0 aliphatic carbocycles. The molecule has 1 fully saturated rings. The molecule has 0 bridgehead atoms. The molecule has 1 aliphatic rings. The summed E-state index contributed by atoms with van der Waals surface area (Å²) < 4.78 is 9.06. The Morgan fingerprint density at radius 2 is 2.11 bits per heavy atom. The lowest BCUT2D eigenvalue weighted by molar-refractivity contribution is 0.199. The molecule has 3 aromatic rings. The normalized spacial score (nSPS) is 16.3. The number of rotatable bonds is 6. The van der Waals surface area contributed by atoms with Gasteiger partial charge < -0.3 is 9.64 Å². The molecule has 0 radical (unpaired) electrons. The number of benzene rings is 1. The molecule has 8 nitrogen and oxygen atoms in total. The highest BCUT2D eigenvalue weighted by Gasteiger charge is 2.29. The summed E-state index contributed by atoms with van der Waals surface area (Å²) in [6.45, 7) is 1.97. The lowest BCUT2D eigenvalue weighted by Gasteiger charge is -2.25. The Bertz CT molecular complexity index is 920. The Morgan fingerprint density at radius 1 is 1.21 bits per heavy atom. The number of carbonyl (C=O) groups excluding carboxylic acids is 1. The first-order valence-corrected chi connectivity index (χ1v) is 9.43. The smallest absolute Gasteiger partial charge is 0.323 e. The number of hydrogen-bond acceptors (Lipinski definition) is 4. The van der Waals surface area contributed by atoms with Crippen LogP contribution in [0, 0.1) is 0 Å². The van der Waals surface area contributed by atoms with Gasteiger partial charge in [0.1, 0.15) is 11.6 Å². The molecule has 2 amide bonds. The molecule has 2 aromatic heterocycles. The first-order chi connectivity index (χ1) is 13.7. The van der Waals surface area contributed by atoms with Crippen molar-refractivity contribution in [2.45, 2.75) is 32.0 Å². The van der Waals surface area contributed by atoms with Gasteiger partial charge in [-0.3, -0.25) is 10.00 Å². The number of amides is 2. The maximum atomic E-state index is 12.9. The summed E-state index contributed by atoms with van der Waals surface area (Å²) in [6, 6.07) is 11.6. The van der Waals surface area contributed by atoms with E-state index in [1.54, 1.807) is 24.2 Å². The number of likely N-dealkylation sites (tertiary alicyclic amines) is 1. The summed E-state index contributed by atoms with van der Waals surface area (Å²) in [6.07, 6.45) is 7.36. The molecule has 0 unspecified atom stereocenters. The molecule has 146 valence electrons. The second-order valence-corrected chi connectivity index (χ2v) is 6.83. The quantitative estimate of drug-likeness (QED) is 0.713. The molecule has 4 rings (SSSR count). The van der Waals surface area contributed by atoms with Crippen LogP contribution >= 0.6 is 0 Å². The van der Waals surface area contributed by atoms with Gasteiger partial charge >= 0.3 is 6.03 Å². The Hall–Kier alpha value is -3.29. The number of methoxy groups -OCH3 is 1. The van der Waals surface area contributed by atoms with Gasteiger partial charge in [-0.1, -0.05) is 18.2 Å². The summed E-state index contributed by atoms with van der Waals surface area (Å²) in [5.41, 5.74) is 1.00. The highest BCUT2D eigenvalue weighted by molar-refractivity contribution is 5.88. The Kier molecular flexibility index (Phi) is 5.27. The zero-order valence-corrected chi connectivity index (χ0v) is 15.9. The SMILES string of the molecule is COc1ccccc1Cn1nccc1NC(=O)N1CCC[C@H]1Cn1cccn1. The van der Waals surface area contributed by atoms with Crippen molar-refractivity contribution in [2.75, 3.05) is 19.0 Å². The minimum absolute atomic E-state index is 0.101. The van der Waals surface area contributed by atoms with E-state index in [1.165, 1.54) is 0 Å². The summed E-state index contributed by atoms with van der Waals surface area (Å²) >= 11 is 0. The molecule has 0 saturated carbocycles. The van der Waals surface area contributed by atoms with Gasteiger partial charge in [-0.2, -0.15) is 10.2 Å². The largest absolute Gasteiger partial charge is 0.496 e. The van der Waals surface area contributed by atoms with Gasteiger partial charge in [-0.05, 0) is 25.0 Å². The van der Waals surface area contributed by atoms with E-state index in [2.05, 4.69) is 15.5 Å². The number of hydrogen-bond donors (Lipinski definition) is 1. The van der Waals surface area contributed by atoms with Crippen molar-refractivity contribution in [1.29, 1.82) is 0 Å². The second-order valence-electron chi connectivity index (χ2n) is 6.83. The molecule has 1 aliphatic heterocycles. The van der Waals surface area contributed by atoms with Crippen LogP contribution in [0.25, 0.3) is 0 Å². The fourth-order valence-electron chi connectivity index (χ4n) is 3.66. The van der Waals surface area contributed by atoms with E-state index < -0.39 is 0 Å². The summed E-state index contributed by atoms with van der Waals surface area (Å²) in [5, 5.41) is 11.6. The highest BCUT2D eigenvalue weighted by atomic mass is 16.5. The van der Waals surface area contributed by atoms with Crippen LogP contribution in [0.4, 0.5) is 10.6 Å². The predicted octanol–water partition coefficient (Wildman–Crippen LogP) is 2.83. The van der Waals surface area contributed by atoms with Crippen LogP contribution in [0.3, 0.4) is 0 Å². The molecule has 1 N–H and O–H groups in total. The van der Waals surface area contributed by atoms with Crippen molar-refractivity contribution < 1.29 is 9.53 Å². The van der Waals surface area contributed by atoms with E-state index in [1.807, 2.05) is 52.2 Å². The van der Waals surface area contributed by atoms with Gasteiger partial charge in [0.25, 0.3) is 0 Å². The maximum Gasteiger partial charge on any atom is 0.323 e. The van der Waals surface area contributed by atoms with Crippen molar-refractivity contribution in [3.8, 4) is 5.75 Å². The number of para-hydroxylation sites is 1. The monoisotopic (exact) mass is 380 g/mol. The molecule has 1 aromatic carbocycles. The van der Waals surface area contributed by atoms with Crippen LogP contribution in [-0.4, -0.2) is 50.2 Å². The average molecular weight is 380 g/mol. The predicted molar refractivity (Wildman–Crippen MR) is 105 cm³/mol. The fourth-order valence-corrected chi connectivity index (χ4v) is 3.66. The van der Waals surface area contributed by atoms with Crippen molar-refractivity contribution in [2.24, 2.45) is 0 Å². The zero-order valence-electron chi connectivity index (χ0n) is 15.9.